The van der Waals surface area contributed by atoms with Crippen molar-refractivity contribution in [3.05, 3.63) is 65.7 Å². The van der Waals surface area contributed by atoms with E-state index < -0.39 is 6.10 Å². The van der Waals surface area contributed by atoms with Crippen LogP contribution in [0.5, 0.6) is 5.75 Å². The number of likely N-dealkylation sites (N-methyl/N-ethyl adjacent to an activating group) is 1. The van der Waals surface area contributed by atoms with Crippen molar-refractivity contribution in [3.63, 3.8) is 0 Å². The Hall–Kier alpha value is -2.17. The Bertz CT molecular complexity index is 711. The first-order valence-corrected chi connectivity index (χ1v) is 9.78. The van der Waals surface area contributed by atoms with Gasteiger partial charge in [-0.15, -0.1) is 0 Å². The summed E-state index contributed by atoms with van der Waals surface area (Å²) in [6.07, 6.45) is 0.579. The van der Waals surface area contributed by atoms with E-state index in [1.54, 1.807) is 12.1 Å². The molecule has 0 amide bonds. The molecule has 1 unspecified atom stereocenters. The standard InChI is InChI=1S/C23H32NO3/c1-4-24(3,5-2)17-20(25)18-27-23-14-10-9-13-21(23)22(26)16-15-19-11-7-6-8-12-19/h6-14,20,25H,4-5,15-18H2,1-3H3/q+1. The van der Waals surface area contributed by atoms with Crippen molar-refractivity contribution < 1.29 is 19.1 Å². The van der Waals surface area contributed by atoms with Crippen molar-refractivity contribution >= 4 is 5.78 Å². The lowest BCUT2D eigenvalue weighted by Crippen LogP contribution is -2.49. The molecular weight excluding hydrogens is 338 g/mol. The van der Waals surface area contributed by atoms with Gasteiger partial charge in [0.2, 0.25) is 0 Å². The first-order valence-electron chi connectivity index (χ1n) is 9.78. The van der Waals surface area contributed by atoms with E-state index in [0.717, 1.165) is 23.1 Å². The lowest BCUT2D eigenvalue weighted by atomic mass is 10.0. The number of hydrogen-bond donors (Lipinski definition) is 1. The summed E-state index contributed by atoms with van der Waals surface area (Å²) in [4.78, 5) is 12.7. The average molecular weight is 371 g/mol. The van der Waals surface area contributed by atoms with Crippen LogP contribution in [0.3, 0.4) is 0 Å². The smallest absolute Gasteiger partial charge is 0.166 e. The van der Waals surface area contributed by atoms with E-state index in [9.17, 15) is 9.90 Å². The second kappa shape index (κ2) is 10.2. The molecule has 1 atom stereocenters. The molecule has 0 saturated carbocycles. The van der Waals surface area contributed by atoms with Crippen LogP contribution < -0.4 is 4.74 Å². The zero-order valence-corrected chi connectivity index (χ0v) is 16.7. The van der Waals surface area contributed by atoms with Gasteiger partial charge in [0.15, 0.2) is 5.78 Å². The third kappa shape index (κ3) is 6.49. The highest BCUT2D eigenvalue weighted by Crippen LogP contribution is 2.21. The summed E-state index contributed by atoms with van der Waals surface area (Å²) in [6.45, 7) is 6.99. The Kier molecular flexibility index (Phi) is 8.01. The normalized spacial score (nSPS) is 12.6. The third-order valence-electron chi connectivity index (χ3n) is 5.28. The second-order valence-electron chi connectivity index (χ2n) is 7.30. The number of quaternary nitrogens is 1. The molecule has 4 nitrogen and oxygen atoms in total. The van der Waals surface area contributed by atoms with Crippen LogP contribution in [-0.2, 0) is 6.42 Å². The molecule has 2 rings (SSSR count). The molecule has 0 aromatic heterocycles. The molecule has 0 fully saturated rings. The number of carbonyl (C=O) groups excluding carboxylic acids is 1. The lowest BCUT2D eigenvalue weighted by molar-refractivity contribution is -0.909. The number of aliphatic hydroxyl groups is 1. The maximum atomic E-state index is 12.7. The van der Waals surface area contributed by atoms with Gasteiger partial charge in [0, 0.05) is 6.42 Å². The van der Waals surface area contributed by atoms with Gasteiger partial charge in [-0.1, -0.05) is 42.5 Å². The fraction of sp³-hybridized carbons (Fsp3) is 0.435. The molecule has 0 spiro atoms. The molecule has 0 bridgehead atoms. The monoisotopic (exact) mass is 370 g/mol. The first-order chi connectivity index (χ1) is 13.0. The Labute approximate surface area is 163 Å². The van der Waals surface area contributed by atoms with Gasteiger partial charge >= 0.3 is 0 Å². The van der Waals surface area contributed by atoms with Crippen LogP contribution in [0, 0.1) is 0 Å². The summed E-state index contributed by atoms with van der Waals surface area (Å²) in [5, 5.41) is 10.4. The van der Waals surface area contributed by atoms with Crippen LogP contribution in [0.4, 0.5) is 0 Å². The highest BCUT2D eigenvalue weighted by Gasteiger charge is 2.22. The predicted molar refractivity (Wildman–Crippen MR) is 109 cm³/mol. The van der Waals surface area contributed by atoms with Crippen LogP contribution in [0.15, 0.2) is 54.6 Å². The number of rotatable bonds is 11. The molecule has 0 aliphatic carbocycles. The minimum atomic E-state index is -0.567. The van der Waals surface area contributed by atoms with Crippen molar-refractivity contribution in [3.8, 4) is 5.75 Å². The summed E-state index contributed by atoms with van der Waals surface area (Å²) in [7, 11) is 2.13. The summed E-state index contributed by atoms with van der Waals surface area (Å²) >= 11 is 0. The van der Waals surface area contributed by atoms with E-state index in [1.165, 1.54) is 0 Å². The number of Topliss-reactive ketones (excluding diaryl/α,β-unsaturated/α-hetero) is 1. The van der Waals surface area contributed by atoms with Crippen molar-refractivity contribution in [1.29, 1.82) is 0 Å². The van der Waals surface area contributed by atoms with Crippen molar-refractivity contribution in [2.45, 2.75) is 32.8 Å². The summed E-state index contributed by atoms with van der Waals surface area (Å²) < 4.78 is 6.62. The molecule has 146 valence electrons. The number of hydrogen-bond acceptors (Lipinski definition) is 3. The molecular formula is C23H32NO3+. The van der Waals surface area contributed by atoms with E-state index in [0.29, 0.717) is 30.7 Å². The van der Waals surface area contributed by atoms with Crippen LogP contribution in [0.25, 0.3) is 0 Å². The number of para-hydroxylation sites is 1. The Morgan fingerprint density at radius 3 is 2.33 bits per heavy atom. The topological polar surface area (TPSA) is 46.5 Å². The molecule has 0 aliphatic rings. The predicted octanol–water partition coefficient (Wildman–Crippen LogP) is 3.73. The van der Waals surface area contributed by atoms with E-state index in [-0.39, 0.29) is 12.4 Å². The molecule has 0 saturated heterocycles. The largest absolute Gasteiger partial charge is 0.490 e. The van der Waals surface area contributed by atoms with Crippen molar-refractivity contribution in [2.24, 2.45) is 0 Å². The van der Waals surface area contributed by atoms with Crippen LogP contribution >= 0.6 is 0 Å². The molecule has 0 aliphatic heterocycles. The van der Waals surface area contributed by atoms with Crippen molar-refractivity contribution in [1.82, 2.24) is 0 Å². The second-order valence-corrected chi connectivity index (χ2v) is 7.30. The van der Waals surface area contributed by atoms with E-state index >= 15 is 0 Å². The third-order valence-corrected chi connectivity index (χ3v) is 5.28. The summed E-state index contributed by atoms with van der Waals surface area (Å²) in [5.74, 6) is 0.614. The van der Waals surface area contributed by atoms with Gasteiger partial charge in [0.05, 0.1) is 25.7 Å². The average Bonchev–Trinajstić information content (AvgIpc) is 2.71. The number of ether oxygens (including phenoxy) is 1. The van der Waals surface area contributed by atoms with Gasteiger partial charge < -0.3 is 14.3 Å². The number of aliphatic hydroxyl groups excluding tert-OH is 1. The van der Waals surface area contributed by atoms with Gasteiger partial charge in [-0.2, -0.15) is 0 Å². The molecule has 4 heteroatoms. The van der Waals surface area contributed by atoms with Gasteiger partial charge in [-0.05, 0) is 38.0 Å². The van der Waals surface area contributed by atoms with Gasteiger partial charge in [-0.25, -0.2) is 0 Å². The number of carbonyl (C=O) groups is 1. The molecule has 2 aromatic rings. The van der Waals surface area contributed by atoms with Gasteiger partial charge in [0.1, 0.15) is 25.0 Å². The number of nitrogens with zero attached hydrogens (tertiary/aromatic N) is 1. The maximum Gasteiger partial charge on any atom is 0.166 e. The first kappa shape index (κ1) is 21.1. The van der Waals surface area contributed by atoms with Crippen LogP contribution in [0.2, 0.25) is 0 Å². The minimum Gasteiger partial charge on any atom is -0.490 e. The number of benzene rings is 2. The summed E-state index contributed by atoms with van der Waals surface area (Å²) in [5.41, 5.74) is 1.74. The van der Waals surface area contributed by atoms with Gasteiger partial charge in [-0.3, -0.25) is 4.79 Å². The lowest BCUT2D eigenvalue weighted by Gasteiger charge is -2.33. The maximum absolute atomic E-state index is 12.7. The zero-order chi connectivity index (χ0) is 19.7. The fourth-order valence-corrected chi connectivity index (χ4v) is 3.09. The highest BCUT2D eigenvalue weighted by molar-refractivity contribution is 5.98. The molecule has 27 heavy (non-hydrogen) atoms. The molecule has 1 N–H and O–H groups in total. The Morgan fingerprint density at radius 2 is 1.67 bits per heavy atom. The Balaban J connectivity index is 1.95. The van der Waals surface area contributed by atoms with Crippen LogP contribution in [0.1, 0.15) is 36.2 Å². The summed E-state index contributed by atoms with van der Waals surface area (Å²) in [6, 6.07) is 17.3. The molecule has 2 aromatic carbocycles. The fourth-order valence-electron chi connectivity index (χ4n) is 3.09. The molecule has 0 heterocycles. The SMILES string of the molecule is CC[N+](C)(CC)CC(O)COc1ccccc1C(=O)CCc1ccccc1. The number of aryl methyl sites for hydroxylation is 1. The van der Waals surface area contributed by atoms with Crippen LogP contribution in [-0.4, -0.2) is 54.8 Å². The highest BCUT2D eigenvalue weighted by atomic mass is 16.5. The van der Waals surface area contributed by atoms with Crippen molar-refractivity contribution in [2.75, 3.05) is 33.3 Å². The minimum absolute atomic E-state index is 0.0617. The molecule has 0 radical (unpaired) electrons. The number of ketones is 1. The van der Waals surface area contributed by atoms with E-state index in [4.69, 9.17) is 4.74 Å². The van der Waals surface area contributed by atoms with Gasteiger partial charge in [0.25, 0.3) is 0 Å². The quantitative estimate of drug-likeness (QED) is 0.484. The zero-order valence-electron chi connectivity index (χ0n) is 16.7. The Morgan fingerprint density at radius 1 is 1.04 bits per heavy atom. The van der Waals surface area contributed by atoms with E-state index in [1.807, 2.05) is 42.5 Å². The van der Waals surface area contributed by atoms with E-state index in [2.05, 4.69) is 20.9 Å².